The standard InChI is InChI=1S/C28H19Cl2N3O/c1-16-7-5-10-18(13-16)27-31-26(17-8-3-2-4-9-17)32-28(33-27)20-11-6-12-23-24(20)21-14-19(29)15-22(30)25(21)34-23/h2-6,8-16H,7H2,1H3. The van der Waals surface area contributed by atoms with Crippen LogP contribution in [-0.4, -0.2) is 15.0 Å². The van der Waals surface area contributed by atoms with Crippen LogP contribution in [0.4, 0.5) is 0 Å². The molecule has 0 fully saturated rings. The Labute approximate surface area is 206 Å². The number of furan rings is 1. The molecule has 1 aliphatic carbocycles. The highest BCUT2D eigenvalue weighted by atomic mass is 35.5. The highest BCUT2D eigenvalue weighted by molar-refractivity contribution is 6.39. The molecule has 3 aromatic carbocycles. The van der Waals surface area contributed by atoms with Gasteiger partial charge in [0.05, 0.1) is 5.02 Å². The predicted molar refractivity (Wildman–Crippen MR) is 139 cm³/mol. The first-order valence-electron chi connectivity index (χ1n) is 11.1. The molecular formula is C28H19Cl2N3O. The number of allylic oxidation sites excluding steroid dienone is 4. The SMILES string of the molecule is CC1C=C(c2nc(-c3ccccc3)nc(-c3cccc4oc5c(Cl)cc(Cl)cc5c34)n2)C=CC1. The quantitative estimate of drug-likeness (QED) is 0.258. The van der Waals surface area contributed by atoms with E-state index in [1.807, 2.05) is 54.6 Å². The highest BCUT2D eigenvalue weighted by Crippen LogP contribution is 2.40. The molecular weight excluding hydrogens is 465 g/mol. The smallest absolute Gasteiger partial charge is 0.164 e. The van der Waals surface area contributed by atoms with Crippen LogP contribution in [0.3, 0.4) is 0 Å². The summed E-state index contributed by atoms with van der Waals surface area (Å²) in [6, 6.07) is 19.3. The van der Waals surface area contributed by atoms with Gasteiger partial charge in [-0.1, -0.05) is 90.8 Å². The van der Waals surface area contributed by atoms with Crippen molar-refractivity contribution in [2.24, 2.45) is 5.92 Å². The molecule has 5 aromatic rings. The molecule has 166 valence electrons. The zero-order chi connectivity index (χ0) is 23.2. The molecule has 1 unspecified atom stereocenters. The summed E-state index contributed by atoms with van der Waals surface area (Å²) in [5.41, 5.74) is 4.05. The van der Waals surface area contributed by atoms with Crippen LogP contribution < -0.4 is 0 Å². The molecule has 4 nitrogen and oxygen atoms in total. The lowest BCUT2D eigenvalue weighted by atomic mass is 9.97. The average Bonchev–Trinajstić information content (AvgIpc) is 3.23. The van der Waals surface area contributed by atoms with Gasteiger partial charge in [-0.05, 0) is 30.5 Å². The fourth-order valence-corrected chi connectivity index (χ4v) is 4.90. The molecule has 0 saturated heterocycles. The van der Waals surface area contributed by atoms with Crippen LogP contribution in [0.1, 0.15) is 19.2 Å². The third-order valence-electron chi connectivity index (χ3n) is 5.95. The van der Waals surface area contributed by atoms with Gasteiger partial charge in [-0.3, -0.25) is 0 Å². The average molecular weight is 484 g/mol. The van der Waals surface area contributed by atoms with Gasteiger partial charge in [-0.15, -0.1) is 0 Å². The number of nitrogens with zero attached hydrogens (tertiary/aromatic N) is 3. The van der Waals surface area contributed by atoms with Gasteiger partial charge < -0.3 is 4.42 Å². The van der Waals surface area contributed by atoms with E-state index in [0.717, 1.165) is 33.9 Å². The van der Waals surface area contributed by atoms with E-state index in [0.29, 0.717) is 44.6 Å². The number of hydrogen-bond donors (Lipinski definition) is 0. The number of hydrogen-bond acceptors (Lipinski definition) is 4. The molecule has 0 radical (unpaired) electrons. The summed E-state index contributed by atoms with van der Waals surface area (Å²) in [5.74, 6) is 2.26. The van der Waals surface area contributed by atoms with Crippen LogP contribution in [0.2, 0.25) is 10.0 Å². The van der Waals surface area contributed by atoms with Crippen LogP contribution in [0.25, 0.3) is 50.3 Å². The zero-order valence-corrected chi connectivity index (χ0v) is 19.8. The van der Waals surface area contributed by atoms with Gasteiger partial charge in [-0.2, -0.15) is 0 Å². The van der Waals surface area contributed by atoms with Gasteiger partial charge in [-0.25, -0.2) is 15.0 Å². The predicted octanol–water partition coefficient (Wildman–Crippen LogP) is 8.39. The van der Waals surface area contributed by atoms with E-state index in [-0.39, 0.29) is 0 Å². The molecule has 2 aromatic heterocycles. The maximum atomic E-state index is 6.44. The van der Waals surface area contributed by atoms with Crippen LogP contribution in [-0.2, 0) is 0 Å². The van der Waals surface area contributed by atoms with Crippen LogP contribution in [0.5, 0.6) is 0 Å². The topological polar surface area (TPSA) is 51.8 Å². The molecule has 6 rings (SSSR count). The largest absolute Gasteiger partial charge is 0.454 e. The lowest BCUT2D eigenvalue weighted by Gasteiger charge is -2.13. The molecule has 2 heterocycles. The van der Waals surface area contributed by atoms with Crippen molar-refractivity contribution < 1.29 is 4.42 Å². The molecule has 34 heavy (non-hydrogen) atoms. The molecule has 1 atom stereocenters. The van der Waals surface area contributed by atoms with Gasteiger partial charge in [0.2, 0.25) is 0 Å². The van der Waals surface area contributed by atoms with E-state index in [1.54, 1.807) is 6.07 Å². The first kappa shape index (κ1) is 21.1. The zero-order valence-electron chi connectivity index (χ0n) is 18.3. The van der Waals surface area contributed by atoms with E-state index >= 15 is 0 Å². The Morgan fingerprint density at radius 3 is 2.50 bits per heavy atom. The molecule has 1 aliphatic rings. The van der Waals surface area contributed by atoms with Crippen molar-refractivity contribution >= 4 is 50.7 Å². The van der Waals surface area contributed by atoms with Crippen molar-refractivity contribution in [1.29, 1.82) is 0 Å². The van der Waals surface area contributed by atoms with Crippen molar-refractivity contribution in [2.75, 3.05) is 0 Å². The van der Waals surface area contributed by atoms with Gasteiger partial charge in [0.15, 0.2) is 23.1 Å². The molecule has 0 saturated carbocycles. The van der Waals surface area contributed by atoms with Crippen molar-refractivity contribution in [1.82, 2.24) is 15.0 Å². The Morgan fingerprint density at radius 2 is 1.68 bits per heavy atom. The number of halogens is 2. The summed E-state index contributed by atoms with van der Waals surface area (Å²) < 4.78 is 6.09. The van der Waals surface area contributed by atoms with Crippen molar-refractivity contribution in [2.45, 2.75) is 13.3 Å². The molecule has 6 heteroatoms. The second-order valence-electron chi connectivity index (χ2n) is 8.45. The van der Waals surface area contributed by atoms with Crippen molar-refractivity contribution in [3.63, 3.8) is 0 Å². The first-order chi connectivity index (χ1) is 16.6. The Balaban J connectivity index is 1.65. The minimum Gasteiger partial charge on any atom is -0.454 e. The fraction of sp³-hybridized carbons (Fsp3) is 0.107. The van der Waals surface area contributed by atoms with Crippen LogP contribution in [0, 0.1) is 5.92 Å². The number of aromatic nitrogens is 3. The molecule has 0 N–H and O–H groups in total. The lowest BCUT2D eigenvalue weighted by Crippen LogP contribution is -2.04. The van der Waals surface area contributed by atoms with E-state index < -0.39 is 0 Å². The summed E-state index contributed by atoms with van der Waals surface area (Å²) >= 11 is 12.8. The first-order valence-corrected chi connectivity index (χ1v) is 11.8. The molecule has 0 bridgehead atoms. The third kappa shape index (κ3) is 3.69. The fourth-order valence-electron chi connectivity index (χ4n) is 4.37. The van der Waals surface area contributed by atoms with Crippen LogP contribution in [0.15, 0.2) is 83.3 Å². The number of fused-ring (bicyclic) bond motifs is 3. The summed E-state index contributed by atoms with van der Waals surface area (Å²) in [6.45, 7) is 2.19. The minimum atomic E-state index is 0.422. The second-order valence-corrected chi connectivity index (χ2v) is 9.30. The lowest BCUT2D eigenvalue weighted by molar-refractivity contribution is 0.669. The maximum Gasteiger partial charge on any atom is 0.164 e. The minimum absolute atomic E-state index is 0.422. The highest BCUT2D eigenvalue weighted by Gasteiger charge is 2.20. The summed E-state index contributed by atoms with van der Waals surface area (Å²) in [7, 11) is 0. The normalized spacial score (nSPS) is 15.7. The third-order valence-corrected chi connectivity index (χ3v) is 6.45. The Morgan fingerprint density at radius 1 is 0.882 bits per heavy atom. The van der Waals surface area contributed by atoms with Gasteiger partial charge >= 0.3 is 0 Å². The Kier molecular flexibility index (Phi) is 5.20. The van der Waals surface area contributed by atoms with E-state index in [1.165, 1.54) is 0 Å². The summed E-state index contributed by atoms with van der Waals surface area (Å²) in [5, 5.41) is 2.72. The second kappa shape index (κ2) is 8.39. The molecule has 0 amide bonds. The molecule has 0 aliphatic heterocycles. The maximum absolute atomic E-state index is 6.44. The molecule has 0 spiro atoms. The number of benzene rings is 3. The van der Waals surface area contributed by atoms with E-state index in [2.05, 4.69) is 25.2 Å². The van der Waals surface area contributed by atoms with Crippen LogP contribution >= 0.6 is 23.2 Å². The van der Waals surface area contributed by atoms with E-state index in [9.17, 15) is 0 Å². The van der Waals surface area contributed by atoms with Crippen molar-refractivity contribution in [3.05, 3.63) is 94.8 Å². The monoisotopic (exact) mass is 483 g/mol. The van der Waals surface area contributed by atoms with E-state index in [4.69, 9.17) is 42.6 Å². The Bertz CT molecular complexity index is 1620. The van der Waals surface area contributed by atoms with Gasteiger partial charge in [0.1, 0.15) is 5.58 Å². The summed E-state index contributed by atoms with van der Waals surface area (Å²) in [4.78, 5) is 14.6. The van der Waals surface area contributed by atoms with Gasteiger partial charge in [0, 0.05) is 32.5 Å². The van der Waals surface area contributed by atoms with Crippen molar-refractivity contribution in [3.8, 4) is 22.8 Å². The Hall–Kier alpha value is -3.47. The van der Waals surface area contributed by atoms with Gasteiger partial charge in [0.25, 0.3) is 0 Å². The summed E-state index contributed by atoms with van der Waals surface area (Å²) in [6.07, 6.45) is 7.47. The number of rotatable bonds is 3.